The molecule has 1 aromatic rings. The van der Waals surface area contributed by atoms with E-state index in [-0.39, 0.29) is 11.9 Å². The van der Waals surface area contributed by atoms with Crippen LogP contribution in [-0.2, 0) is 14.8 Å². The molecule has 0 fully saturated rings. The minimum atomic E-state index is -3.39. The summed E-state index contributed by atoms with van der Waals surface area (Å²) in [6, 6.07) is 5.86. The Hall–Kier alpha value is -1.56. The lowest BCUT2D eigenvalue weighted by atomic mass is 10.1. The lowest BCUT2D eigenvalue weighted by Gasteiger charge is -2.25. The molecule has 0 saturated carbocycles. The predicted octanol–water partition coefficient (Wildman–Crippen LogP) is 3.01. The summed E-state index contributed by atoms with van der Waals surface area (Å²) >= 11 is 0. The quantitative estimate of drug-likeness (QED) is 0.780. The molecule has 136 valence electrons. The second-order valence-electron chi connectivity index (χ2n) is 6.83. The number of amides is 1. The van der Waals surface area contributed by atoms with E-state index in [2.05, 4.69) is 19.2 Å². The zero-order chi connectivity index (χ0) is 18.5. The Morgan fingerprint density at radius 3 is 2.38 bits per heavy atom. The summed E-state index contributed by atoms with van der Waals surface area (Å²) in [6.07, 6.45) is 2.00. The Morgan fingerprint density at radius 1 is 1.21 bits per heavy atom. The predicted molar refractivity (Wildman–Crippen MR) is 99.8 cm³/mol. The summed E-state index contributed by atoms with van der Waals surface area (Å²) in [4.78, 5) is 12.0. The lowest BCUT2D eigenvalue weighted by Crippen LogP contribution is -2.37. The molecule has 0 unspecified atom stereocenters. The van der Waals surface area contributed by atoms with E-state index in [1.165, 1.54) is 10.6 Å². The molecular formula is C18H30N2O3S. The van der Waals surface area contributed by atoms with Crippen LogP contribution in [0.15, 0.2) is 18.2 Å². The summed E-state index contributed by atoms with van der Waals surface area (Å²) in [5.74, 6) is 0.335. The molecule has 0 aliphatic heterocycles. The number of nitrogens with zero attached hydrogens (tertiary/aromatic N) is 1. The van der Waals surface area contributed by atoms with E-state index >= 15 is 0 Å². The van der Waals surface area contributed by atoms with Crippen molar-refractivity contribution in [2.45, 2.75) is 53.5 Å². The van der Waals surface area contributed by atoms with E-state index in [0.29, 0.717) is 31.0 Å². The van der Waals surface area contributed by atoms with E-state index in [9.17, 15) is 13.2 Å². The molecule has 0 heterocycles. The van der Waals surface area contributed by atoms with Gasteiger partial charge in [-0.2, -0.15) is 0 Å². The zero-order valence-corrected chi connectivity index (χ0v) is 16.4. The van der Waals surface area contributed by atoms with Crippen molar-refractivity contribution >= 4 is 21.6 Å². The number of rotatable bonds is 8. The van der Waals surface area contributed by atoms with Gasteiger partial charge in [0.2, 0.25) is 15.9 Å². The van der Waals surface area contributed by atoms with Gasteiger partial charge in [0.15, 0.2) is 0 Å². The first-order valence-electron chi connectivity index (χ1n) is 8.36. The molecule has 6 heteroatoms. The van der Waals surface area contributed by atoms with Crippen molar-refractivity contribution in [3.8, 4) is 0 Å². The topological polar surface area (TPSA) is 66.5 Å². The standard InChI is InChI=1S/C18H30N2O3S/c1-13(2)16(5)19-18(21)8-7-11-20(24(6,22)23)17-12-14(3)9-10-15(17)4/h9-10,12-13,16H,7-8,11H2,1-6H3,(H,19,21)/t16-/m0/s1. The van der Waals surface area contributed by atoms with E-state index in [1.807, 2.05) is 39.0 Å². The minimum absolute atomic E-state index is 0.0365. The number of carbonyl (C=O) groups excluding carboxylic acids is 1. The average molecular weight is 355 g/mol. The third-order valence-corrected chi connectivity index (χ3v) is 5.37. The lowest BCUT2D eigenvalue weighted by molar-refractivity contribution is -0.122. The van der Waals surface area contributed by atoms with Gasteiger partial charge in [-0.25, -0.2) is 8.42 Å². The van der Waals surface area contributed by atoms with Crippen molar-refractivity contribution in [2.24, 2.45) is 5.92 Å². The number of carbonyl (C=O) groups is 1. The van der Waals surface area contributed by atoms with Crippen LogP contribution in [0.4, 0.5) is 5.69 Å². The third kappa shape index (κ3) is 6.15. The largest absolute Gasteiger partial charge is 0.353 e. The second kappa shape index (κ2) is 8.51. The molecule has 5 nitrogen and oxygen atoms in total. The third-order valence-electron chi connectivity index (χ3n) is 4.19. The first-order valence-corrected chi connectivity index (χ1v) is 10.2. The molecule has 0 bridgehead atoms. The van der Waals surface area contributed by atoms with Crippen LogP contribution in [0.5, 0.6) is 0 Å². The van der Waals surface area contributed by atoms with Crippen molar-refractivity contribution in [3.63, 3.8) is 0 Å². The van der Waals surface area contributed by atoms with Crippen LogP contribution in [0, 0.1) is 19.8 Å². The zero-order valence-electron chi connectivity index (χ0n) is 15.6. The number of hydrogen-bond donors (Lipinski definition) is 1. The van der Waals surface area contributed by atoms with E-state index in [4.69, 9.17) is 0 Å². The van der Waals surface area contributed by atoms with Crippen molar-refractivity contribution < 1.29 is 13.2 Å². The molecule has 1 aromatic carbocycles. The molecule has 0 aliphatic carbocycles. The smallest absolute Gasteiger partial charge is 0.232 e. The highest BCUT2D eigenvalue weighted by molar-refractivity contribution is 7.92. The Morgan fingerprint density at radius 2 is 1.83 bits per heavy atom. The van der Waals surface area contributed by atoms with Gasteiger partial charge in [0.25, 0.3) is 0 Å². The van der Waals surface area contributed by atoms with Gasteiger partial charge in [-0.1, -0.05) is 26.0 Å². The molecule has 1 amide bonds. The van der Waals surface area contributed by atoms with Gasteiger partial charge < -0.3 is 5.32 Å². The molecule has 0 aliphatic rings. The first-order chi connectivity index (χ1) is 11.0. The van der Waals surface area contributed by atoms with Crippen molar-refractivity contribution in [1.29, 1.82) is 0 Å². The highest BCUT2D eigenvalue weighted by atomic mass is 32.2. The van der Waals surface area contributed by atoms with Crippen molar-refractivity contribution in [2.75, 3.05) is 17.1 Å². The van der Waals surface area contributed by atoms with Gasteiger partial charge in [0.1, 0.15) is 0 Å². The Bertz CT molecular complexity index is 669. The SMILES string of the molecule is Cc1ccc(C)c(N(CCCC(=O)N[C@@H](C)C(C)C)S(C)(=O)=O)c1. The fourth-order valence-corrected chi connectivity index (χ4v) is 3.34. The van der Waals surface area contributed by atoms with E-state index < -0.39 is 10.0 Å². The van der Waals surface area contributed by atoms with E-state index in [0.717, 1.165) is 11.1 Å². The highest BCUT2D eigenvalue weighted by Gasteiger charge is 2.20. The molecule has 1 rings (SSSR count). The van der Waals surface area contributed by atoms with Gasteiger partial charge in [-0.15, -0.1) is 0 Å². The van der Waals surface area contributed by atoms with Gasteiger partial charge in [0, 0.05) is 19.0 Å². The van der Waals surface area contributed by atoms with Crippen LogP contribution in [0.25, 0.3) is 0 Å². The van der Waals surface area contributed by atoms with E-state index in [1.54, 1.807) is 0 Å². The number of nitrogens with one attached hydrogen (secondary N) is 1. The number of anilines is 1. The normalized spacial score (nSPS) is 13.0. The minimum Gasteiger partial charge on any atom is -0.353 e. The maximum absolute atomic E-state index is 12.2. The van der Waals surface area contributed by atoms with Gasteiger partial charge in [-0.05, 0) is 50.3 Å². The van der Waals surface area contributed by atoms with Gasteiger partial charge in [-0.3, -0.25) is 9.10 Å². The fourth-order valence-electron chi connectivity index (χ4n) is 2.33. The Balaban J connectivity index is 2.76. The molecule has 1 atom stereocenters. The summed E-state index contributed by atoms with van der Waals surface area (Å²) in [7, 11) is -3.39. The summed E-state index contributed by atoms with van der Waals surface area (Å²) in [5, 5.41) is 2.95. The van der Waals surface area contributed by atoms with Crippen LogP contribution < -0.4 is 9.62 Å². The molecule has 0 saturated heterocycles. The molecular weight excluding hydrogens is 324 g/mol. The van der Waals surface area contributed by atoms with Crippen LogP contribution >= 0.6 is 0 Å². The number of benzene rings is 1. The van der Waals surface area contributed by atoms with Crippen molar-refractivity contribution in [1.82, 2.24) is 5.32 Å². The summed E-state index contributed by atoms with van der Waals surface area (Å²) in [6.45, 7) is 10.2. The molecule has 1 N–H and O–H groups in total. The van der Waals surface area contributed by atoms with Crippen LogP contribution in [0.1, 0.15) is 44.7 Å². The average Bonchev–Trinajstić information content (AvgIpc) is 2.45. The maximum Gasteiger partial charge on any atom is 0.232 e. The highest BCUT2D eigenvalue weighted by Crippen LogP contribution is 2.24. The monoisotopic (exact) mass is 354 g/mol. The van der Waals surface area contributed by atoms with Crippen LogP contribution in [-0.4, -0.2) is 33.2 Å². The first kappa shape index (κ1) is 20.5. The van der Waals surface area contributed by atoms with Gasteiger partial charge in [0.05, 0.1) is 11.9 Å². The molecule has 24 heavy (non-hydrogen) atoms. The van der Waals surface area contributed by atoms with Crippen LogP contribution in [0.3, 0.4) is 0 Å². The van der Waals surface area contributed by atoms with Crippen molar-refractivity contribution in [3.05, 3.63) is 29.3 Å². The number of hydrogen-bond acceptors (Lipinski definition) is 3. The maximum atomic E-state index is 12.2. The number of aryl methyl sites for hydroxylation is 2. The Labute approximate surface area is 146 Å². The fraction of sp³-hybridized carbons (Fsp3) is 0.611. The van der Waals surface area contributed by atoms with Gasteiger partial charge >= 0.3 is 0 Å². The Kier molecular flexibility index (Phi) is 7.27. The molecule has 0 radical (unpaired) electrons. The molecule has 0 aromatic heterocycles. The van der Waals surface area contributed by atoms with Crippen LogP contribution in [0.2, 0.25) is 0 Å². The molecule has 0 spiro atoms. The summed E-state index contributed by atoms with van der Waals surface area (Å²) in [5.41, 5.74) is 2.60. The second-order valence-corrected chi connectivity index (χ2v) is 8.74. The number of sulfonamides is 1. The summed E-state index contributed by atoms with van der Waals surface area (Å²) < 4.78 is 25.7.